The molecule has 0 saturated carbocycles. The zero-order valence-electron chi connectivity index (χ0n) is 12.9. The Bertz CT molecular complexity index is 484. The van der Waals surface area contributed by atoms with Gasteiger partial charge in [-0.2, -0.15) is 0 Å². The summed E-state index contributed by atoms with van der Waals surface area (Å²) in [6, 6.07) is 7.04. The first kappa shape index (κ1) is 17.1. The van der Waals surface area contributed by atoms with Gasteiger partial charge in [-0.05, 0) is 38.0 Å². The normalized spacial score (nSPS) is 18.3. The second kappa shape index (κ2) is 8.98. The molecule has 0 spiro atoms. The number of nitrogens with zero attached hydrogens (tertiary/aromatic N) is 1. The maximum Gasteiger partial charge on any atom is 0.321 e. The summed E-state index contributed by atoms with van der Waals surface area (Å²) in [5.41, 5.74) is 0.705. The molecule has 22 heavy (non-hydrogen) atoms. The monoisotopic (exact) mass is 326 g/mol. The molecule has 0 unspecified atom stereocenters. The van der Waals surface area contributed by atoms with Crippen LogP contribution < -0.4 is 5.32 Å². The molecule has 1 saturated heterocycles. The summed E-state index contributed by atoms with van der Waals surface area (Å²) in [5.74, 6) is 0. The van der Waals surface area contributed by atoms with Crippen LogP contribution in [0.15, 0.2) is 24.3 Å². The molecule has 1 heterocycles. The van der Waals surface area contributed by atoms with E-state index < -0.39 is 0 Å². The van der Waals surface area contributed by atoms with Crippen molar-refractivity contribution in [3.05, 3.63) is 29.3 Å². The quantitative estimate of drug-likeness (QED) is 0.815. The number of likely N-dealkylation sites (tertiary alicyclic amines) is 1. The van der Waals surface area contributed by atoms with Crippen molar-refractivity contribution in [2.75, 3.05) is 38.2 Å². The van der Waals surface area contributed by atoms with E-state index in [2.05, 4.69) is 5.32 Å². The Balaban J connectivity index is 1.79. The van der Waals surface area contributed by atoms with Gasteiger partial charge in [0.05, 0.1) is 19.3 Å². The minimum Gasteiger partial charge on any atom is -0.379 e. The molecule has 122 valence electrons. The van der Waals surface area contributed by atoms with Gasteiger partial charge >= 0.3 is 6.03 Å². The van der Waals surface area contributed by atoms with Crippen LogP contribution in [0.5, 0.6) is 0 Å². The van der Waals surface area contributed by atoms with Crippen molar-refractivity contribution in [3.63, 3.8) is 0 Å². The second-order valence-electron chi connectivity index (χ2n) is 5.22. The fourth-order valence-electron chi connectivity index (χ4n) is 2.45. The molecule has 1 atom stereocenters. The van der Waals surface area contributed by atoms with Crippen molar-refractivity contribution in [2.24, 2.45) is 0 Å². The van der Waals surface area contributed by atoms with E-state index >= 15 is 0 Å². The van der Waals surface area contributed by atoms with Gasteiger partial charge in [-0.1, -0.05) is 17.7 Å². The van der Waals surface area contributed by atoms with E-state index in [4.69, 9.17) is 21.1 Å². The second-order valence-corrected chi connectivity index (χ2v) is 5.65. The first-order chi connectivity index (χ1) is 10.7. The molecular formula is C16H23ClN2O3. The lowest BCUT2D eigenvalue weighted by Gasteiger charge is -2.32. The van der Waals surface area contributed by atoms with Gasteiger partial charge < -0.3 is 19.7 Å². The Labute approximate surface area is 136 Å². The summed E-state index contributed by atoms with van der Waals surface area (Å²) in [4.78, 5) is 14.1. The van der Waals surface area contributed by atoms with Crippen molar-refractivity contribution < 1.29 is 14.3 Å². The van der Waals surface area contributed by atoms with E-state index in [0.717, 1.165) is 19.4 Å². The van der Waals surface area contributed by atoms with Crippen molar-refractivity contribution in [3.8, 4) is 0 Å². The van der Waals surface area contributed by atoms with E-state index in [1.165, 1.54) is 0 Å². The smallest absolute Gasteiger partial charge is 0.321 e. The van der Waals surface area contributed by atoms with Gasteiger partial charge in [0.25, 0.3) is 0 Å². The number of nitrogens with one attached hydrogen (secondary N) is 1. The number of urea groups is 1. The van der Waals surface area contributed by atoms with E-state index in [-0.39, 0.29) is 12.1 Å². The number of benzene rings is 1. The maximum atomic E-state index is 12.3. The zero-order chi connectivity index (χ0) is 15.8. The SMILES string of the molecule is CCOCCO[C@H]1CCCN(C(=O)Nc2cccc(Cl)c2)C1. The summed E-state index contributed by atoms with van der Waals surface area (Å²) in [6.07, 6.45) is 2.01. The van der Waals surface area contributed by atoms with Crippen LogP contribution in [-0.4, -0.2) is 49.9 Å². The molecule has 6 heteroatoms. The summed E-state index contributed by atoms with van der Waals surface area (Å²) in [7, 11) is 0. The Hall–Kier alpha value is -1.30. The number of carbonyl (C=O) groups is 1. The van der Waals surface area contributed by atoms with Crippen LogP contribution in [0.2, 0.25) is 5.02 Å². The Kier molecular flexibility index (Phi) is 6.96. The molecule has 2 rings (SSSR count). The van der Waals surface area contributed by atoms with Crippen molar-refractivity contribution in [1.82, 2.24) is 4.90 Å². The fraction of sp³-hybridized carbons (Fsp3) is 0.562. The van der Waals surface area contributed by atoms with E-state index in [1.807, 2.05) is 19.1 Å². The Morgan fingerprint density at radius 3 is 3.09 bits per heavy atom. The minimum atomic E-state index is -0.111. The molecule has 1 aromatic rings. The number of ether oxygens (including phenoxy) is 2. The van der Waals surface area contributed by atoms with Crippen LogP contribution >= 0.6 is 11.6 Å². The summed E-state index contributed by atoms with van der Waals surface area (Å²) >= 11 is 5.92. The molecule has 0 aliphatic carbocycles. The Morgan fingerprint density at radius 1 is 1.45 bits per heavy atom. The zero-order valence-corrected chi connectivity index (χ0v) is 13.6. The van der Waals surface area contributed by atoms with Crippen molar-refractivity contribution in [2.45, 2.75) is 25.9 Å². The molecule has 1 fully saturated rings. The van der Waals surface area contributed by atoms with Crippen LogP contribution in [-0.2, 0) is 9.47 Å². The standard InChI is InChI=1S/C16H23ClN2O3/c1-2-21-9-10-22-15-7-4-8-19(12-15)16(20)18-14-6-3-5-13(17)11-14/h3,5-6,11,15H,2,4,7-10,12H2,1H3,(H,18,20)/t15-/m0/s1. The molecule has 1 aliphatic heterocycles. The first-order valence-corrected chi connectivity index (χ1v) is 8.07. The first-order valence-electron chi connectivity index (χ1n) is 7.70. The highest BCUT2D eigenvalue weighted by atomic mass is 35.5. The molecule has 1 aromatic carbocycles. The van der Waals surface area contributed by atoms with Crippen LogP contribution in [0, 0.1) is 0 Å². The molecule has 1 aliphatic rings. The number of rotatable bonds is 6. The van der Waals surface area contributed by atoms with E-state index in [1.54, 1.807) is 17.0 Å². The lowest BCUT2D eigenvalue weighted by atomic mass is 10.1. The van der Waals surface area contributed by atoms with Gasteiger partial charge in [-0.3, -0.25) is 0 Å². The largest absolute Gasteiger partial charge is 0.379 e. The predicted molar refractivity (Wildman–Crippen MR) is 87.5 cm³/mol. The molecule has 5 nitrogen and oxygen atoms in total. The topological polar surface area (TPSA) is 50.8 Å². The van der Waals surface area contributed by atoms with Crippen LogP contribution in [0.1, 0.15) is 19.8 Å². The minimum absolute atomic E-state index is 0.0827. The van der Waals surface area contributed by atoms with Gasteiger partial charge in [0.1, 0.15) is 0 Å². The van der Waals surface area contributed by atoms with Gasteiger partial charge in [0, 0.05) is 30.4 Å². The molecule has 2 amide bonds. The summed E-state index contributed by atoms with van der Waals surface area (Å²) in [6.45, 7) is 5.19. The number of carbonyl (C=O) groups excluding carboxylic acids is 1. The van der Waals surface area contributed by atoms with E-state index in [0.29, 0.717) is 37.1 Å². The average Bonchev–Trinajstić information content (AvgIpc) is 2.52. The number of amides is 2. The van der Waals surface area contributed by atoms with Gasteiger partial charge in [-0.25, -0.2) is 4.79 Å². The van der Waals surface area contributed by atoms with Crippen LogP contribution in [0.25, 0.3) is 0 Å². The van der Waals surface area contributed by atoms with Crippen LogP contribution in [0.3, 0.4) is 0 Å². The lowest BCUT2D eigenvalue weighted by molar-refractivity contribution is -0.0181. The molecule has 1 N–H and O–H groups in total. The van der Waals surface area contributed by atoms with E-state index in [9.17, 15) is 4.79 Å². The third-order valence-electron chi connectivity index (χ3n) is 3.53. The summed E-state index contributed by atoms with van der Waals surface area (Å²) in [5, 5.41) is 3.48. The lowest BCUT2D eigenvalue weighted by Crippen LogP contribution is -2.45. The molecule has 0 aromatic heterocycles. The third kappa shape index (κ3) is 5.48. The van der Waals surface area contributed by atoms with Gasteiger partial charge in [-0.15, -0.1) is 0 Å². The number of hydrogen-bond acceptors (Lipinski definition) is 3. The van der Waals surface area contributed by atoms with Gasteiger partial charge in [0.15, 0.2) is 0 Å². The highest BCUT2D eigenvalue weighted by molar-refractivity contribution is 6.30. The number of hydrogen-bond donors (Lipinski definition) is 1. The highest BCUT2D eigenvalue weighted by Gasteiger charge is 2.24. The predicted octanol–water partition coefficient (Wildman–Crippen LogP) is 3.39. The number of anilines is 1. The van der Waals surface area contributed by atoms with Crippen molar-refractivity contribution >= 4 is 23.3 Å². The average molecular weight is 327 g/mol. The highest BCUT2D eigenvalue weighted by Crippen LogP contribution is 2.18. The third-order valence-corrected chi connectivity index (χ3v) is 3.76. The summed E-state index contributed by atoms with van der Waals surface area (Å²) < 4.78 is 11.0. The molecular weight excluding hydrogens is 304 g/mol. The van der Waals surface area contributed by atoms with Crippen molar-refractivity contribution in [1.29, 1.82) is 0 Å². The number of piperidine rings is 1. The van der Waals surface area contributed by atoms with Gasteiger partial charge in [0.2, 0.25) is 0 Å². The fourth-order valence-corrected chi connectivity index (χ4v) is 2.64. The molecule has 0 radical (unpaired) electrons. The Morgan fingerprint density at radius 2 is 2.32 bits per heavy atom. The number of halogens is 1. The maximum absolute atomic E-state index is 12.3. The van der Waals surface area contributed by atoms with Crippen LogP contribution in [0.4, 0.5) is 10.5 Å². The molecule has 0 bridgehead atoms.